The van der Waals surface area contributed by atoms with Gasteiger partial charge in [0.15, 0.2) is 0 Å². The van der Waals surface area contributed by atoms with Crippen molar-refractivity contribution < 1.29 is 22.4 Å². The van der Waals surface area contributed by atoms with Crippen LogP contribution in [0.3, 0.4) is 0 Å². The third-order valence-electron chi connectivity index (χ3n) is 3.67. The molecule has 1 unspecified atom stereocenters. The van der Waals surface area contributed by atoms with Gasteiger partial charge in [-0.25, -0.2) is 4.39 Å². The number of nitrogens with one attached hydrogen (secondary N) is 1. The standard InChI is InChI=1S/C15H17F4NO/c1-9(21)13(8-20-7-10-2-3-10)12-5-4-11(6-14(12)16)15(17,18)19/h4-6,10,13,20H,2-3,7-8H2,1H3. The molecule has 6 heteroatoms. The Morgan fingerprint density at radius 3 is 2.52 bits per heavy atom. The summed E-state index contributed by atoms with van der Waals surface area (Å²) in [6.45, 7) is 2.32. The molecule has 1 aliphatic rings. The first kappa shape index (κ1) is 15.9. The van der Waals surface area contributed by atoms with Crippen LogP contribution >= 0.6 is 0 Å². The number of alkyl halides is 3. The number of rotatable bonds is 6. The van der Waals surface area contributed by atoms with Gasteiger partial charge in [0, 0.05) is 6.54 Å². The Hall–Kier alpha value is -1.43. The number of Topliss-reactive ketones (excluding diaryl/α,β-unsaturated/α-hetero) is 1. The summed E-state index contributed by atoms with van der Waals surface area (Å²) in [5.74, 6) is -1.41. The smallest absolute Gasteiger partial charge is 0.315 e. The number of hydrogen-bond donors (Lipinski definition) is 1. The van der Waals surface area contributed by atoms with Gasteiger partial charge < -0.3 is 5.32 Å². The Morgan fingerprint density at radius 1 is 1.38 bits per heavy atom. The van der Waals surface area contributed by atoms with E-state index < -0.39 is 23.5 Å². The molecule has 0 aliphatic heterocycles. The second kappa shape index (κ2) is 6.13. The third-order valence-corrected chi connectivity index (χ3v) is 3.67. The Bertz CT molecular complexity index is 523. The van der Waals surface area contributed by atoms with E-state index in [9.17, 15) is 22.4 Å². The molecule has 1 aromatic rings. The second-order valence-electron chi connectivity index (χ2n) is 5.50. The zero-order chi connectivity index (χ0) is 15.6. The number of benzene rings is 1. The van der Waals surface area contributed by atoms with Crippen LogP contribution in [0.15, 0.2) is 18.2 Å². The highest BCUT2D eigenvalue weighted by atomic mass is 19.4. The van der Waals surface area contributed by atoms with E-state index in [2.05, 4.69) is 5.32 Å². The van der Waals surface area contributed by atoms with Crippen LogP contribution in [0.5, 0.6) is 0 Å². The van der Waals surface area contributed by atoms with E-state index in [1.54, 1.807) is 0 Å². The van der Waals surface area contributed by atoms with Crippen molar-refractivity contribution in [3.8, 4) is 0 Å². The molecule has 0 aromatic heterocycles. The highest BCUT2D eigenvalue weighted by Gasteiger charge is 2.32. The molecule has 0 heterocycles. The summed E-state index contributed by atoms with van der Waals surface area (Å²) in [5, 5.41) is 3.09. The molecule has 1 atom stereocenters. The molecule has 0 bridgehead atoms. The lowest BCUT2D eigenvalue weighted by molar-refractivity contribution is -0.137. The van der Waals surface area contributed by atoms with Crippen LogP contribution in [-0.4, -0.2) is 18.9 Å². The van der Waals surface area contributed by atoms with E-state index in [4.69, 9.17) is 0 Å². The molecule has 0 saturated heterocycles. The summed E-state index contributed by atoms with van der Waals surface area (Å²) in [7, 11) is 0. The van der Waals surface area contributed by atoms with Crippen LogP contribution in [-0.2, 0) is 11.0 Å². The molecule has 0 radical (unpaired) electrons. The van der Waals surface area contributed by atoms with Gasteiger partial charge >= 0.3 is 6.18 Å². The molecule has 1 fully saturated rings. The SMILES string of the molecule is CC(=O)C(CNCC1CC1)c1ccc(C(F)(F)F)cc1F. The van der Waals surface area contributed by atoms with Crippen molar-refractivity contribution in [3.63, 3.8) is 0 Å². The van der Waals surface area contributed by atoms with E-state index in [0.717, 1.165) is 31.5 Å². The minimum absolute atomic E-state index is 0.0128. The maximum Gasteiger partial charge on any atom is 0.416 e. The Balaban J connectivity index is 2.13. The summed E-state index contributed by atoms with van der Waals surface area (Å²) in [6.07, 6.45) is -2.30. The van der Waals surface area contributed by atoms with E-state index in [0.29, 0.717) is 12.0 Å². The van der Waals surface area contributed by atoms with E-state index in [1.165, 1.54) is 6.92 Å². The fourth-order valence-corrected chi connectivity index (χ4v) is 2.21. The van der Waals surface area contributed by atoms with Crippen molar-refractivity contribution >= 4 is 5.78 Å². The molecule has 2 rings (SSSR count). The summed E-state index contributed by atoms with van der Waals surface area (Å²) in [5.41, 5.74) is -1.03. The van der Waals surface area contributed by atoms with Crippen LogP contribution in [0.2, 0.25) is 0 Å². The van der Waals surface area contributed by atoms with Gasteiger partial charge in [0.2, 0.25) is 0 Å². The topological polar surface area (TPSA) is 29.1 Å². The number of ketones is 1. The zero-order valence-electron chi connectivity index (χ0n) is 11.6. The predicted octanol–water partition coefficient (Wildman–Crippen LogP) is 3.52. The summed E-state index contributed by atoms with van der Waals surface area (Å²) in [4.78, 5) is 11.6. The summed E-state index contributed by atoms with van der Waals surface area (Å²) < 4.78 is 51.4. The van der Waals surface area contributed by atoms with Crippen molar-refractivity contribution in [1.82, 2.24) is 5.32 Å². The van der Waals surface area contributed by atoms with Crippen LogP contribution in [0.1, 0.15) is 36.8 Å². The van der Waals surface area contributed by atoms with E-state index in [-0.39, 0.29) is 17.9 Å². The summed E-state index contributed by atoms with van der Waals surface area (Å²) >= 11 is 0. The molecule has 1 aromatic carbocycles. The van der Waals surface area contributed by atoms with Crippen molar-refractivity contribution in [2.75, 3.05) is 13.1 Å². The molecule has 0 amide bonds. The predicted molar refractivity (Wildman–Crippen MR) is 70.4 cm³/mol. The molecular formula is C15H17F4NO. The van der Waals surface area contributed by atoms with Gasteiger partial charge in [-0.15, -0.1) is 0 Å². The second-order valence-corrected chi connectivity index (χ2v) is 5.50. The van der Waals surface area contributed by atoms with E-state index in [1.807, 2.05) is 0 Å². The van der Waals surface area contributed by atoms with Crippen molar-refractivity contribution in [1.29, 1.82) is 0 Å². The van der Waals surface area contributed by atoms with E-state index >= 15 is 0 Å². The monoisotopic (exact) mass is 303 g/mol. The quantitative estimate of drug-likeness (QED) is 0.815. The number of hydrogen-bond acceptors (Lipinski definition) is 2. The largest absolute Gasteiger partial charge is 0.416 e. The van der Waals surface area contributed by atoms with Crippen LogP contribution in [0.4, 0.5) is 17.6 Å². The molecular weight excluding hydrogens is 286 g/mol. The maximum atomic E-state index is 13.9. The fourth-order valence-electron chi connectivity index (χ4n) is 2.21. The maximum absolute atomic E-state index is 13.9. The Morgan fingerprint density at radius 2 is 2.05 bits per heavy atom. The lowest BCUT2D eigenvalue weighted by Crippen LogP contribution is -2.28. The van der Waals surface area contributed by atoms with Gasteiger partial charge in [-0.2, -0.15) is 13.2 Å². The normalized spacial score (nSPS) is 16.8. The van der Waals surface area contributed by atoms with Gasteiger partial charge in [-0.1, -0.05) is 6.07 Å². The first-order valence-electron chi connectivity index (χ1n) is 6.87. The minimum atomic E-state index is -4.59. The van der Waals surface area contributed by atoms with Gasteiger partial charge in [0.1, 0.15) is 11.6 Å². The van der Waals surface area contributed by atoms with Gasteiger partial charge in [0.25, 0.3) is 0 Å². The first-order chi connectivity index (χ1) is 9.79. The number of halogens is 4. The molecule has 1 aliphatic carbocycles. The van der Waals surface area contributed by atoms with Crippen LogP contribution in [0.25, 0.3) is 0 Å². The minimum Gasteiger partial charge on any atom is -0.315 e. The Kier molecular flexibility index (Phi) is 4.66. The fraction of sp³-hybridized carbons (Fsp3) is 0.533. The van der Waals surface area contributed by atoms with Crippen LogP contribution in [0, 0.1) is 11.7 Å². The average Bonchev–Trinajstić information content (AvgIpc) is 3.18. The molecule has 21 heavy (non-hydrogen) atoms. The molecule has 0 spiro atoms. The number of carbonyl (C=O) groups excluding carboxylic acids is 1. The number of carbonyl (C=O) groups is 1. The zero-order valence-corrected chi connectivity index (χ0v) is 11.6. The molecule has 116 valence electrons. The van der Waals surface area contributed by atoms with Crippen LogP contribution < -0.4 is 5.32 Å². The molecule has 1 saturated carbocycles. The van der Waals surface area contributed by atoms with Crippen molar-refractivity contribution in [3.05, 3.63) is 35.1 Å². The van der Waals surface area contributed by atoms with Gasteiger partial charge in [0.05, 0.1) is 11.5 Å². The highest BCUT2D eigenvalue weighted by Crippen LogP contribution is 2.32. The van der Waals surface area contributed by atoms with Gasteiger partial charge in [-0.05, 0) is 49.9 Å². The molecule has 1 N–H and O–H groups in total. The molecule has 2 nitrogen and oxygen atoms in total. The first-order valence-corrected chi connectivity index (χ1v) is 6.87. The Labute approximate surface area is 120 Å². The summed E-state index contributed by atoms with van der Waals surface area (Å²) in [6, 6.07) is 2.32. The van der Waals surface area contributed by atoms with Crippen molar-refractivity contribution in [2.45, 2.75) is 31.9 Å². The average molecular weight is 303 g/mol. The lowest BCUT2D eigenvalue weighted by atomic mass is 9.93. The third kappa shape index (κ3) is 4.27. The lowest BCUT2D eigenvalue weighted by Gasteiger charge is -2.17. The van der Waals surface area contributed by atoms with Gasteiger partial charge in [-0.3, -0.25) is 4.79 Å². The van der Waals surface area contributed by atoms with Crippen molar-refractivity contribution in [2.24, 2.45) is 5.92 Å². The highest BCUT2D eigenvalue weighted by molar-refractivity contribution is 5.83.